The van der Waals surface area contributed by atoms with Gasteiger partial charge in [0, 0.05) is 40.0 Å². The predicted molar refractivity (Wildman–Crippen MR) is 115 cm³/mol. The van der Waals surface area contributed by atoms with E-state index < -0.39 is 0 Å². The Kier molecular flexibility index (Phi) is 6.18. The molecule has 1 amide bonds. The van der Waals surface area contributed by atoms with Crippen LogP contribution in [0, 0.1) is 0 Å². The third-order valence-corrected chi connectivity index (χ3v) is 7.68. The van der Waals surface area contributed by atoms with E-state index in [1.165, 1.54) is 10.4 Å². The summed E-state index contributed by atoms with van der Waals surface area (Å²) in [5, 5.41) is 3.98. The standard InChI is InChI=1S/C20H27BrN4O2S/c1-3-22-16(26)10-12-4-9-15-17(12)18-19(23-11-24-20(18)28-15)27-14-7-5-13(6-8-14)25(2)21/h11-14H,3-10H2,1-2H3,(H,22,26)/t12-,13-,14-/m0/s1. The molecule has 0 unspecified atom stereocenters. The number of halogens is 1. The molecule has 0 saturated heterocycles. The van der Waals surface area contributed by atoms with Crippen molar-refractivity contribution >= 4 is 43.6 Å². The summed E-state index contributed by atoms with van der Waals surface area (Å²) in [5.74, 6) is 1.07. The van der Waals surface area contributed by atoms with E-state index in [-0.39, 0.29) is 17.9 Å². The molecule has 8 heteroatoms. The minimum absolute atomic E-state index is 0.122. The second kappa shape index (κ2) is 8.63. The van der Waals surface area contributed by atoms with Crippen LogP contribution in [0.1, 0.15) is 61.8 Å². The fourth-order valence-corrected chi connectivity index (χ4v) is 6.14. The first-order valence-electron chi connectivity index (χ1n) is 10.1. The van der Waals surface area contributed by atoms with Crippen LogP contribution in [0.3, 0.4) is 0 Å². The normalized spacial score (nSPS) is 24.5. The molecule has 2 aromatic heterocycles. The first-order valence-corrected chi connectivity index (χ1v) is 11.7. The van der Waals surface area contributed by atoms with Gasteiger partial charge in [-0.05, 0) is 64.0 Å². The molecule has 1 fully saturated rings. The number of aromatic nitrogens is 2. The quantitative estimate of drug-likeness (QED) is 0.646. The highest BCUT2D eigenvalue weighted by molar-refractivity contribution is 9.07. The molecule has 2 aromatic rings. The average Bonchev–Trinajstić information content (AvgIpc) is 3.22. The van der Waals surface area contributed by atoms with Crippen LogP contribution in [0.5, 0.6) is 5.88 Å². The third kappa shape index (κ3) is 4.04. The van der Waals surface area contributed by atoms with Gasteiger partial charge in [0.25, 0.3) is 0 Å². The number of ether oxygens (including phenoxy) is 1. The van der Waals surface area contributed by atoms with Gasteiger partial charge in [0.05, 0.1) is 5.39 Å². The Hall–Kier alpha value is -1.25. The maximum absolute atomic E-state index is 12.2. The number of aryl methyl sites for hydroxylation is 1. The lowest BCUT2D eigenvalue weighted by Gasteiger charge is -2.31. The molecule has 1 N–H and O–H groups in total. The lowest BCUT2D eigenvalue weighted by atomic mass is 9.93. The Morgan fingerprint density at radius 2 is 2.11 bits per heavy atom. The minimum atomic E-state index is 0.122. The molecule has 0 bridgehead atoms. The number of amides is 1. The molecule has 6 nitrogen and oxygen atoms in total. The van der Waals surface area contributed by atoms with E-state index in [0.717, 1.165) is 48.7 Å². The highest BCUT2D eigenvalue weighted by atomic mass is 79.9. The van der Waals surface area contributed by atoms with E-state index in [0.29, 0.717) is 24.9 Å². The van der Waals surface area contributed by atoms with Crippen LogP contribution in [0.15, 0.2) is 6.33 Å². The van der Waals surface area contributed by atoms with Crippen molar-refractivity contribution in [1.82, 2.24) is 19.2 Å². The summed E-state index contributed by atoms with van der Waals surface area (Å²) in [6.07, 6.45) is 8.66. The van der Waals surface area contributed by atoms with Gasteiger partial charge < -0.3 is 10.1 Å². The van der Waals surface area contributed by atoms with Crippen LogP contribution >= 0.6 is 27.5 Å². The predicted octanol–water partition coefficient (Wildman–Crippen LogP) is 4.18. The zero-order valence-corrected chi connectivity index (χ0v) is 18.8. The van der Waals surface area contributed by atoms with Crippen molar-refractivity contribution in [2.75, 3.05) is 13.6 Å². The van der Waals surface area contributed by atoms with E-state index in [2.05, 4.69) is 42.4 Å². The van der Waals surface area contributed by atoms with Crippen LogP contribution in [-0.4, -0.2) is 45.5 Å². The summed E-state index contributed by atoms with van der Waals surface area (Å²) in [7, 11) is 2.07. The first-order chi connectivity index (χ1) is 13.6. The summed E-state index contributed by atoms with van der Waals surface area (Å²) >= 11 is 5.30. The number of carbonyl (C=O) groups excluding carboxylic acids is 1. The zero-order valence-electron chi connectivity index (χ0n) is 16.4. The zero-order chi connectivity index (χ0) is 19.7. The Morgan fingerprint density at radius 3 is 2.82 bits per heavy atom. The molecule has 4 rings (SSSR count). The summed E-state index contributed by atoms with van der Waals surface area (Å²) in [5.41, 5.74) is 1.26. The number of thiophene rings is 1. The van der Waals surface area contributed by atoms with Crippen molar-refractivity contribution in [1.29, 1.82) is 0 Å². The average molecular weight is 467 g/mol. The van der Waals surface area contributed by atoms with Crippen molar-refractivity contribution in [2.24, 2.45) is 0 Å². The highest BCUT2D eigenvalue weighted by Crippen LogP contribution is 2.47. The largest absolute Gasteiger partial charge is 0.474 e. The molecular weight excluding hydrogens is 440 g/mol. The Labute approximate surface area is 178 Å². The third-order valence-electron chi connectivity index (χ3n) is 5.93. The number of hydrogen-bond donors (Lipinski definition) is 1. The summed E-state index contributed by atoms with van der Waals surface area (Å²) in [4.78, 5) is 23.5. The fourth-order valence-electron chi connectivity index (χ4n) is 4.50. The van der Waals surface area contributed by atoms with Gasteiger partial charge in [-0.3, -0.25) is 4.79 Å². The van der Waals surface area contributed by atoms with Crippen molar-refractivity contribution in [3.63, 3.8) is 0 Å². The number of carbonyl (C=O) groups is 1. The topological polar surface area (TPSA) is 67.3 Å². The van der Waals surface area contributed by atoms with Gasteiger partial charge in [-0.15, -0.1) is 11.3 Å². The van der Waals surface area contributed by atoms with E-state index in [4.69, 9.17) is 4.74 Å². The molecular formula is C20H27BrN4O2S. The number of hydrogen-bond acceptors (Lipinski definition) is 6. The monoisotopic (exact) mass is 466 g/mol. The van der Waals surface area contributed by atoms with Crippen LogP contribution in [0.4, 0.5) is 0 Å². The lowest BCUT2D eigenvalue weighted by Crippen LogP contribution is -2.33. The van der Waals surface area contributed by atoms with Gasteiger partial charge in [-0.1, -0.05) is 0 Å². The fraction of sp³-hybridized carbons (Fsp3) is 0.650. The Bertz CT molecular complexity index is 848. The Morgan fingerprint density at radius 1 is 1.32 bits per heavy atom. The van der Waals surface area contributed by atoms with Gasteiger partial charge >= 0.3 is 0 Å². The maximum atomic E-state index is 12.2. The smallest absolute Gasteiger partial charge is 0.225 e. The molecule has 0 spiro atoms. The highest BCUT2D eigenvalue weighted by Gasteiger charge is 2.32. The van der Waals surface area contributed by atoms with Gasteiger partial charge in [0.15, 0.2) is 0 Å². The number of fused-ring (bicyclic) bond motifs is 3. The maximum Gasteiger partial charge on any atom is 0.225 e. The van der Waals surface area contributed by atoms with Crippen molar-refractivity contribution < 1.29 is 9.53 Å². The SMILES string of the molecule is CCNC(=O)C[C@@H]1CCc2sc3ncnc(O[C@H]4CC[C@H](N(C)Br)CC4)c3c21. The van der Waals surface area contributed by atoms with Crippen molar-refractivity contribution in [3.8, 4) is 5.88 Å². The molecule has 0 radical (unpaired) electrons. The van der Waals surface area contributed by atoms with Crippen LogP contribution in [0.25, 0.3) is 10.2 Å². The molecule has 2 heterocycles. The number of nitrogens with zero attached hydrogens (tertiary/aromatic N) is 3. The first kappa shape index (κ1) is 20.0. The van der Waals surface area contributed by atoms with Gasteiger partial charge in [-0.2, -0.15) is 0 Å². The summed E-state index contributed by atoms with van der Waals surface area (Å²) in [6.45, 7) is 2.63. The molecule has 0 aromatic carbocycles. The van der Waals surface area contributed by atoms with Crippen LogP contribution in [0.2, 0.25) is 0 Å². The lowest BCUT2D eigenvalue weighted by molar-refractivity contribution is -0.121. The molecule has 152 valence electrons. The van der Waals surface area contributed by atoms with E-state index in [1.54, 1.807) is 17.7 Å². The molecule has 1 atom stereocenters. The molecule has 28 heavy (non-hydrogen) atoms. The van der Waals surface area contributed by atoms with Crippen LogP contribution in [-0.2, 0) is 11.2 Å². The van der Waals surface area contributed by atoms with Crippen molar-refractivity contribution in [3.05, 3.63) is 16.8 Å². The minimum Gasteiger partial charge on any atom is -0.474 e. The molecule has 1 saturated carbocycles. The number of nitrogens with one attached hydrogen (secondary N) is 1. The van der Waals surface area contributed by atoms with Crippen molar-refractivity contribution in [2.45, 2.75) is 69.9 Å². The molecule has 2 aliphatic rings. The molecule has 0 aliphatic heterocycles. The van der Waals surface area contributed by atoms with Crippen LogP contribution < -0.4 is 10.1 Å². The van der Waals surface area contributed by atoms with Gasteiger partial charge in [-0.25, -0.2) is 13.9 Å². The second-order valence-corrected chi connectivity index (χ2v) is 9.97. The van der Waals surface area contributed by atoms with E-state index in [9.17, 15) is 4.79 Å². The number of rotatable bonds is 6. The van der Waals surface area contributed by atoms with E-state index >= 15 is 0 Å². The second-order valence-electron chi connectivity index (χ2n) is 7.76. The molecule has 2 aliphatic carbocycles. The van der Waals surface area contributed by atoms with Gasteiger partial charge in [0.1, 0.15) is 17.3 Å². The Balaban J connectivity index is 1.56. The summed E-state index contributed by atoms with van der Waals surface area (Å²) in [6, 6.07) is 0.567. The van der Waals surface area contributed by atoms with E-state index in [1.807, 2.05) is 6.92 Å². The van der Waals surface area contributed by atoms with Gasteiger partial charge in [0.2, 0.25) is 11.8 Å². The summed E-state index contributed by atoms with van der Waals surface area (Å²) < 4.78 is 8.53.